The lowest BCUT2D eigenvalue weighted by Crippen LogP contribution is -2.39. The summed E-state index contributed by atoms with van der Waals surface area (Å²) in [6, 6.07) is 11.7. The zero-order chi connectivity index (χ0) is 14.4. The van der Waals surface area contributed by atoms with Gasteiger partial charge in [0.25, 0.3) is 0 Å². The first-order valence-corrected chi connectivity index (χ1v) is 8.19. The molecule has 2 heteroatoms. The zero-order valence-corrected chi connectivity index (χ0v) is 13.0. The molecule has 0 aliphatic heterocycles. The van der Waals surface area contributed by atoms with Crippen LogP contribution in [0.5, 0.6) is 0 Å². The molecule has 0 heterocycles. The molecule has 1 fully saturated rings. The molecule has 0 radical (unpaired) electrons. The van der Waals surface area contributed by atoms with Crippen molar-refractivity contribution in [2.75, 3.05) is 13.1 Å². The zero-order valence-electron chi connectivity index (χ0n) is 13.0. The van der Waals surface area contributed by atoms with Crippen LogP contribution in [0, 0.1) is 11.8 Å². The summed E-state index contributed by atoms with van der Waals surface area (Å²) in [7, 11) is 0. The SMILES string of the molecule is CC(C)C(CN)CNC1CCC(c2ccccc2)CC1. The van der Waals surface area contributed by atoms with Crippen molar-refractivity contribution in [2.24, 2.45) is 17.6 Å². The fraction of sp³-hybridized carbons (Fsp3) is 0.667. The van der Waals surface area contributed by atoms with Gasteiger partial charge in [-0.2, -0.15) is 0 Å². The van der Waals surface area contributed by atoms with E-state index in [1.54, 1.807) is 0 Å². The number of nitrogens with two attached hydrogens (primary N) is 1. The Morgan fingerprint density at radius 2 is 1.75 bits per heavy atom. The van der Waals surface area contributed by atoms with E-state index < -0.39 is 0 Å². The van der Waals surface area contributed by atoms with Crippen molar-refractivity contribution >= 4 is 0 Å². The van der Waals surface area contributed by atoms with Gasteiger partial charge in [0.2, 0.25) is 0 Å². The highest BCUT2D eigenvalue weighted by atomic mass is 14.9. The maximum Gasteiger partial charge on any atom is 0.00676 e. The van der Waals surface area contributed by atoms with Gasteiger partial charge in [-0.1, -0.05) is 44.2 Å². The minimum atomic E-state index is 0.613. The Balaban J connectivity index is 1.74. The lowest BCUT2D eigenvalue weighted by atomic mass is 9.81. The van der Waals surface area contributed by atoms with Crippen LogP contribution in [-0.4, -0.2) is 19.1 Å². The maximum absolute atomic E-state index is 5.85. The van der Waals surface area contributed by atoms with Crippen LogP contribution in [0.2, 0.25) is 0 Å². The molecule has 1 aliphatic carbocycles. The number of nitrogens with one attached hydrogen (secondary N) is 1. The van der Waals surface area contributed by atoms with Gasteiger partial charge < -0.3 is 11.1 Å². The predicted molar refractivity (Wildman–Crippen MR) is 86.8 cm³/mol. The molecule has 1 aromatic carbocycles. The molecule has 2 nitrogen and oxygen atoms in total. The van der Waals surface area contributed by atoms with Gasteiger partial charge in [-0.15, -0.1) is 0 Å². The van der Waals surface area contributed by atoms with Crippen LogP contribution < -0.4 is 11.1 Å². The standard InChI is InChI=1S/C18H30N2/c1-14(2)17(12-19)13-20-18-10-8-16(9-11-18)15-6-4-3-5-7-15/h3-7,14,16-18,20H,8-13,19H2,1-2H3. The van der Waals surface area contributed by atoms with Gasteiger partial charge in [-0.25, -0.2) is 0 Å². The van der Waals surface area contributed by atoms with E-state index in [4.69, 9.17) is 5.73 Å². The largest absolute Gasteiger partial charge is 0.330 e. The first-order valence-electron chi connectivity index (χ1n) is 8.19. The van der Waals surface area contributed by atoms with Crippen LogP contribution >= 0.6 is 0 Å². The summed E-state index contributed by atoms with van der Waals surface area (Å²) >= 11 is 0. The van der Waals surface area contributed by atoms with E-state index >= 15 is 0 Å². The monoisotopic (exact) mass is 274 g/mol. The molecular weight excluding hydrogens is 244 g/mol. The lowest BCUT2D eigenvalue weighted by Gasteiger charge is -2.31. The summed E-state index contributed by atoms with van der Waals surface area (Å²) in [5.41, 5.74) is 7.37. The van der Waals surface area contributed by atoms with Gasteiger partial charge in [0.05, 0.1) is 0 Å². The highest BCUT2D eigenvalue weighted by molar-refractivity contribution is 5.20. The first kappa shape index (κ1) is 15.5. The van der Waals surface area contributed by atoms with Gasteiger partial charge >= 0.3 is 0 Å². The van der Waals surface area contributed by atoms with Crippen LogP contribution in [0.25, 0.3) is 0 Å². The van der Waals surface area contributed by atoms with Crippen molar-refractivity contribution in [1.82, 2.24) is 5.32 Å². The summed E-state index contributed by atoms with van der Waals surface area (Å²) in [6.45, 7) is 6.41. The number of rotatable bonds is 6. The Morgan fingerprint density at radius 3 is 2.30 bits per heavy atom. The minimum absolute atomic E-state index is 0.613. The van der Waals surface area contributed by atoms with Crippen molar-refractivity contribution < 1.29 is 0 Å². The van der Waals surface area contributed by atoms with Gasteiger partial charge in [-0.3, -0.25) is 0 Å². The molecule has 112 valence electrons. The number of hydrogen-bond donors (Lipinski definition) is 2. The van der Waals surface area contributed by atoms with Crippen molar-refractivity contribution in [3.63, 3.8) is 0 Å². The molecule has 1 unspecified atom stereocenters. The molecule has 0 saturated heterocycles. The molecule has 3 N–H and O–H groups in total. The topological polar surface area (TPSA) is 38.0 Å². The van der Waals surface area contributed by atoms with Crippen molar-refractivity contribution in [3.8, 4) is 0 Å². The normalized spacial score (nSPS) is 24.8. The van der Waals surface area contributed by atoms with E-state index in [0.717, 1.165) is 19.0 Å². The third-order valence-electron chi connectivity index (χ3n) is 4.91. The number of hydrogen-bond acceptors (Lipinski definition) is 2. The van der Waals surface area contributed by atoms with Crippen LogP contribution in [0.1, 0.15) is 51.0 Å². The molecule has 0 amide bonds. The van der Waals surface area contributed by atoms with Gasteiger partial charge in [0.1, 0.15) is 0 Å². The van der Waals surface area contributed by atoms with E-state index in [9.17, 15) is 0 Å². The third kappa shape index (κ3) is 4.32. The van der Waals surface area contributed by atoms with E-state index in [0.29, 0.717) is 17.9 Å². The second-order valence-corrected chi connectivity index (χ2v) is 6.61. The maximum atomic E-state index is 5.85. The van der Waals surface area contributed by atoms with Crippen LogP contribution in [0.15, 0.2) is 30.3 Å². The van der Waals surface area contributed by atoms with E-state index in [-0.39, 0.29) is 0 Å². The molecule has 0 bridgehead atoms. The molecule has 0 aromatic heterocycles. The van der Waals surface area contributed by atoms with Crippen molar-refractivity contribution in [2.45, 2.75) is 51.5 Å². The van der Waals surface area contributed by atoms with Crippen LogP contribution in [-0.2, 0) is 0 Å². The summed E-state index contributed by atoms with van der Waals surface area (Å²) in [5.74, 6) is 2.06. The average molecular weight is 274 g/mol. The smallest absolute Gasteiger partial charge is 0.00676 e. The molecule has 1 aliphatic rings. The summed E-state index contributed by atoms with van der Waals surface area (Å²) in [5, 5.41) is 3.75. The number of benzene rings is 1. The Kier molecular flexibility index (Phi) is 6.06. The Bertz CT molecular complexity index is 366. The second kappa shape index (κ2) is 7.80. The molecule has 1 saturated carbocycles. The third-order valence-corrected chi connectivity index (χ3v) is 4.91. The predicted octanol–water partition coefficient (Wildman–Crippen LogP) is 3.53. The van der Waals surface area contributed by atoms with E-state index in [2.05, 4.69) is 49.5 Å². The second-order valence-electron chi connectivity index (χ2n) is 6.61. The Labute approximate surface area is 124 Å². The Hall–Kier alpha value is -0.860. The van der Waals surface area contributed by atoms with Crippen LogP contribution in [0.4, 0.5) is 0 Å². The van der Waals surface area contributed by atoms with Crippen LogP contribution in [0.3, 0.4) is 0 Å². The summed E-state index contributed by atoms with van der Waals surface area (Å²) in [6.07, 6.45) is 5.23. The highest BCUT2D eigenvalue weighted by Gasteiger charge is 2.22. The summed E-state index contributed by atoms with van der Waals surface area (Å²) < 4.78 is 0. The summed E-state index contributed by atoms with van der Waals surface area (Å²) in [4.78, 5) is 0. The van der Waals surface area contributed by atoms with Gasteiger partial charge in [0, 0.05) is 6.04 Å². The molecular formula is C18H30N2. The highest BCUT2D eigenvalue weighted by Crippen LogP contribution is 2.32. The molecule has 2 rings (SSSR count). The van der Waals surface area contributed by atoms with Crippen molar-refractivity contribution in [1.29, 1.82) is 0 Å². The molecule has 1 atom stereocenters. The van der Waals surface area contributed by atoms with Gasteiger partial charge in [0.15, 0.2) is 0 Å². The van der Waals surface area contributed by atoms with Gasteiger partial charge in [-0.05, 0) is 62.1 Å². The van der Waals surface area contributed by atoms with Crippen molar-refractivity contribution in [3.05, 3.63) is 35.9 Å². The Morgan fingerprint density at radius 1 is 1.10 bits per heavy atom. The first-order chi connectivity index (χ1) is 9.70. The average Bonchev–Trinajstić information content (AvgIpc) is 2.49. The van der Waals surface area contributed by atoms with E-state index in [1.165, 1.54) is 31.2 Å². The minimum Gasteiger partial charge on any atom is -0.330 e. The quantitative estimate of drug-likeness (QED) is 0.833. The fourth-order valence-corrected chi connectivity index (χ4v) is 3.27. The van der Waals surface area contributed by atoms with E-state index in [1.807, 2.05) is 0 Å². The fourth-order valence-electron chi connectivity index (χ4n) is 3.27. The molecule has 0 spiro atoms. The molecule has 20 heavy (non-hydrogen) atoms. The lowest BCUT2D eigenvalue weighted by molar-refractivity contribution is 0.299. The molecule has 1 aromatic rings.